The molecule has 128 valence electrons. The largest absolute Gasteiger partial charge is 0.497 e. The Kier molecular flexibility index (Phi) is 4.36. The van der Waals surface area contributed by atoms with Gasteiger partial charge in [-0.05, 0) is 38.2 Å². The highest BCUT2D eigenvalue weighted by atomic mass is 32.1. The van der Waals surface area contributed by atoms with Gasteiger partial charge in [0.2, 0.25) is 0 Å². The predicted octanol–water partition coefficient (Wildman–Crippen LogP) is 2.80. The Morgan fingerprint density at radius 2 is 2.21 bits per heavy atom. The molecule has 7 heteroatoms. The zero-order valence-electron chi connectivity index (χ0n) is 14.4. The highest BCUT2D eigenvalue weighted by Crippen LogP contribution is 2.32. The molecule has 0 bridgehead atoms. The van der Waals surface area contributed by atoms with E-state index in [1.165, 1.54) is 0 Å². The first-order valence-corrected chi connectivity index (χ1v) is 8.18. The molecule has 0 radical (unpaired) electrons. The summed E-state index contributed by atoms with van der Waals surface area (Å²) in [6.07, 6.45) is 3.65. The van der Waals surface area contributed by atoms with Gasteiger partial charge in [-0.2, -0.15) is 5.10 Å². The molecule has 1 N–H and O–H groups in total. The molecule has 0 aliphatic carbocycles. The van der Waals surface area contributed by atoms with Gasteiger partial charge in [0.1, 0.15) is 17.1 Å². The van der Waals surface area contributed by atoms with Crippen molar-refractivity contribution in [3.63, 3.8) is 0 Å². The average molecular weight is 346 g/mol. The maximum atomic E-state index is 6.20. The topological polar surface area (TPSA) is 51.6 Å². The number of ether oxygens (including phenoxy) is 2. The second kappa shape index (κ2) is 6.32. The Hall–Kier alpha value is -2.28. The summed E-state index contributed by atoms with van der Waals surface area (Å²) < 4.78 is 13.2. The zero-order chi connectivity index (χ0) is 17.3. The minimum atomic E-state index is -0.377. The normalized spacial score (nSPS) is 15.9. The third-order valence-electron chi connectivity index (χ3n) is 3.84. The Morgan fingerprint density at radius 1 is 1.42 bits per heavy atom. The van der Waals surface area contributed by atoms with E-state index in [4.69, 9.17) is 21.7 Å². The van der Waals surface area contributed by atoms with Gasteiger partial charge >= 0.3 is 0 Å². The molecule has 1 aliphatic rings. The van der Waals surface area contributed by atoms with Crippen LogP contribution < -0.4 is 14.8 Å². The van der Waals surface area contributed by atoms with Crippen molar-refractivity contribution in [2.75, 3.05) is 19.0 Å². The second-order valence-electron chi connectivity index (χ2n) is 6.52. The molecule has 6 nitrogen and oxygen atoms in total. The number of benzene rings is 1. The molecule has 0 fully saturated rings. The monoisotopic (exact) mass is 346 g/mol. The van der Waals surface area contributed by atoms with Gasteiger partial charge in [-0.3, -0.25) is 4.68 Å². The number of nitrogens with one attached hydrogen (secondary N) is 1. The van der Waals surface area contributed by atoms with Crippen molar-refractivity contribution in [2.24, 2.45) is 7.05 Å². The van der Waals surface area contributed by atoms with Gasteiger partial charge in [-0.1, -0.05) is 0 Å². The quantitative estimate of drug-likeness (QED) is 0.844. The van der Waals surface area contributed by atoms with E-state index in [0.717, 1.165) is 22.7 Å². The number of nitrogens with zero attached hydrogens (tertiary/aromatic N) is 3. The van der Waals surface area contributed by atoms with E-state index < -0.39 is 0 Å². The molecule has 0 unspecified atom stereocenters. The fourth-order valence-electron chi connectivity index (χ4n) is 2.77. The number of hydrogen-bond acceptors (Lipinski definition) is 4. The number of thiocarbonyl (C=S) groups is 1. The van der Waals surface area contributed by atoms with Crippen molar-refractivity contribution in [3.8, 4) is 11.5 Å². The molecule has 2 heterocycles. The van der Waals surface area contributed by atoms with Crippen molar-refractivity contribution in [1.29, 1.82) is 0 Å². The summed E-state index contributed by atoms with van der Waals surface area (Å²) in [4.78, 5) is 2.11. The average Bonchev–Trinajstić information content (AvgIpc) is 2.85. The first kappa shape index (κ1) is 16.6. The molecule has 3 rings (SSSR count). The lowest BCUT2D eigenvalue weighted by atomic mass is 10.1. The molecule has 2 aromatic rings. The Morgan fingerprint density at radius 3 is 2.88 bits per heavy atom. The van der Waals surface area contributed by atoms with Crippen molar-refractivity contribution in [3.05, 3.63) is 36.2 Å². The van der Waals surface area contributed by atoms with E-state index in [1.807, 2.05) is 31.4 Å². The molecular weight excluding hydrogens is 324 g/mol. The molecule has 0 saturated heterocycles. The number of fused-ring (bicyclic) bond motifs is 1. The summed E-state index contributed by atoms with van der Waals surface area (Å²) in [7, 11) is 3.53. The van der Waals surface area contributed by atoms with Crippen LogP contribution in [0.3, 0.4) is 0 Å². The third kappa shape index (κ3) is 3.62. The van der Waals surface area contributed by atoms with Gasteiger partial charge in [0, 0.05) is 31.4 Å². The number of aromatic nitrogens is 2. The second-order valence-corrected chi connectivity index (χ2v) is 6.91. The van der Waals surface area contributed by atoms with Crippen LogP contribution in [0.1, 0.15) is 19.4 Å². The SMILES string of the molecule is COc1ccc2c(c1)OC(C)(C)CN(C(=S)Nc1cnn(C)c1)C2. The number of rotatable bonds is 2. The lowest BCUT2D eigenvalue weighted by Crippen LogP contribution is -2.44. The third-order valence-corrected chi connectivity index (χ3v) is 4.20. The molecule has 1 aromatic carbocycles. The molecule has 0 amide bonds. The molecule has 1 aliphatic heterocycles. The molecule has 1 aromatic heterocycles. The number of anilines is 1. The zero-order valence-corrected chi connectivity index (χ0v) is 15.2. The summed E-state index contributed by atoms with van der Waals surface area (Å²) in [5.74, 6) is 1.63. The van der Waals surface area contributed by atoms with Gasteiger partial charge in [-0.15, -0.1) is 0 Å². The number of hydrogen-bond donors (Lipinski definition) is 1. The van der Waals surface area contributed by atoms with Crippen molar-refractivity contribution >= 4 is 23.0 Å². The fourth-order valence-corrected chi connectivity index (χ4v) is 3.02. The fraction of sp³-hybridized carbons (Fsp3) is 0.412. The van der Waals surface area contributed by atoms with E-state index in [0.29, 0.717) is 18.2 Å². The Balaban J connectivity index is 1.84. The lowest BCUT2D eigenvalue weighted by Gasteiger charge is -2.31. The van der Waals surface area contributed by atoms with Crippen LogP contribution in [-0.4, -0.2) is 39.0 Å². The highest BCUT2D eigenvalue weighted by Gasteiger charge is 2.30. The van der Waals surface area contributed by atoms with Gasteiger partial charge in [0.15, 0.2) is 5.11 Å². The highest BCUT2D eigenvalue weighted by molar-refractivity contribution is 7.80. The predicted molar refractivity (Wildman–Crippen MR) is 97.5 cm³/mol. The minimum absolute atomic E-state index is 0.377. The Labute approximate surface area is 147 Å². The lowest BCUT2D eigenvalue weighted by molar-refractivity contribution is 0.0930. The molecule has 24 heavy (non-hydrogen) atoms. The maximum absolute atomic E-state index is 6.20. The summed E-state index contributed by atoms with van der Waals surface area (Å²) in [6.45, 7) is 5.47. The van der Waals surface area contributed by atoms with Crippen molar-refractivity contribution in [1.82, 2.24) is 14.7 Å². The molecule has 0 atom stereocenters. The van der Waals surface area contributed by atoms with E-state index in [-0.39, 0.29) is 5.60 Å². The van der Waals surface area contributed by atoms with Gasteiger partial charge in [-0.25, -0.2) is 0 Å². The molecule has 0 saturated carbocycles. The molecule has 0 spiro atoms. The van der Waals surface area contributed by atoms with Gasteiger partial charge < -0.3 is 19.7 Å². The van der Waals surface area contributed by atoms with E-state index in [9.17, 15) is 0 Å². The first-order valence-electron chi connectivity index (χ1n) is 7.77. The Bertz CT molecular complexity index is 757. The number of methoxy groups -OCH3 is 1. The van der Waals surface area contributed by atoms with Crippen LogP contribution in [0.5, 0.6) is 11.5 Å². The van der Waals surface area contributed by atoms with Crippen LogP contribution in [0.2, 0.25) is 0 Å². The van der Waals surface area contributed by atoms with E-state index >= 15 is 0 Å². The van der Waals surface area contributed by atoms with Crippen molar-refractivity contribution < 1.29 is 9.47 Å². The number of aryl methyl sites for hydroxylation is 1. The van der Waals surface area contributed by atoms with Crippen LogP contribution in [0.15, 0.2) is 30.6 Å². The smallest absolute Gasteiger partial charge is 0.173 e. The van der Waals surface area contributed by atoms with Crippen LogP contribution in [0.25, 0.3) is 0 Å². The summed E-state index contributed by atoms with van der Waals surface area (Å²) in [5.41, 5.74) is 1.58. The first-order chi connectivity index (χ1) is 11.4. The molecular formula is C17H22N4O2S. The summed E-state index contributed by atoms with van der Waals surface area (Å²) in [6, 6.07) is 5.89. The van der Waals surface area contributed by atoms with Crippen molar-refractivity contribution in [2.45, 2.75) is 26.0 Å². The van der Waals surface area contributed by atoms with Gasteiger partial charge in [0.25, 0.3) is 0 Å². The van der Waals surface area contributed by atoms with Crippen LogP contribution in [0.4, 0.5) is 5.69 Å². The van der Waals surface area contributed by atoms with Gasteiger partial charge in [0.05, 0.1) is 25.5 Å². The van der Waals surface area contributed by atoms with E-state index in [2.05, 4.69) is 29.2 Å². The van der Waals surface area contributed by atoms with Crippen LogP contribution >= 0.6 is 12.2 Å². The van der Waals surface area contributed by atoms with Crippen LogP contribution in [-0.2, 0) is 13.6 Å². The van der Waals surface area contributed by atoms with E-state index in [1.54, 1.807) is 18.0 Å². The minimum Gasteiger partial charge on any atom is -0.497 e. The summed E-state index contributed by atoms with van der Waals surface area (Å²) in [5, 5.41) is 8.06. The van der Waals surface area contributed by atoms with Crippen LogP contribution in [0, 0.1) is 0 Å². The maximum Gasteiger partial charge on any atom is 0.173 e. The standard InChI is InChI=1S/C17H22N4O2S/c1-17(2)11-21(16(24)19-13-8-18-20(3)10-13)9-12-5-6-14(22-4)7-15(12)23-17/h5-8,10H,9,11H2,1-4H3,(H,19,24). The summed E-state index contributed by atoms with van der Waals surface area (Å²) >= 11 is 5.60.